The topological polar surface area (TPSA) is 45.2 Å². The summed E-state index contributed by atoms with van der Waals surface area (Å²) >= 11 is 6.24. The molecule has 5 rings (SSSR count). The number of para-hydroxylation sites is 1. The summed E-state index contributed by atoms with van der Waals surface area (Å²) in [6.07, 6.45) is -4.31. The summed E-state index contributed by atoms with van der Waals surface area (Å²) in [6.45, 7) is 1.39. The van der Waals surface area contributed by atoms with Crippen molar-refractivity contribution in [3.8, 4) is 11.5 Å². The maximum Gasteiger partial charge on any atom is 0.471 e. The molecule has 32 heavy (non-hydrogen) atoms. The highest BCUT2D eigenvalue weighted by atomic mass is 35.5. The standard InChI is InChI=1S/C22H21ClF3N3O3/c23-14-5-6-20-18(11-14)29-17(16-3-1-2-4-19(16)31-20)12-15(32-29)13-27-7-9-28(10-8-27)21(30)22(24,25)26/h1-6,11,15,17H,7-10,12-13H2. The number of hydrogen-bond donors (Lipinski definition) is 0. The van der Waals surface area contributed by atoms with E-state index in [4.69, 9.17) is 21.2 Å². The number of hydrogen-bond acceptors (Lipinski definition) is 5. The molecule has 3 aliphatic heterocycles. The van der Waals surface area contributed by atoms with Crippen LogP contribution in [-0.4, -0.2) is 60.7 Å². The predicted octanol–water partition coefficient (Wildman–Crippen LogP) is 4.40. The number of alkyl halides is 3. The quantitative estimate of drug-likeness (QED) is 0.655. The van der Waals surface area contributed by atoms with E-state index in [2.05, 4.69) is 0 Å². The second kappa shape index (κ2) is 8.13. The van der Waals surface area contributed by atoms with Gasteiger partial charge >= 0.3 is 12.1 Å². The lowest BCUT2D eigenvalue weighted by Crippen LogP contribution is -2.53. The average Bonchev–Trinajstić information content (AvgIpc) is 3.13. The number of halogens is 4. The molecule has 0 spiro atoms. The highest BCUT2D eigenvalue weighted by molar-refractivity contribution is 6.31. The first-order valence-electron chi connectivity index (χ1n) is 10.4. The van der Waals surface area contributed by atoms with E-state index in [1.807, 2.05) is 40.3 Å². The van der Waals surface area contributed by atoms with Crippen LogP contribution in [0.3, 0.4) is 0 Å². The van der Waals surface area contributed by atoms with Crippen molar-refractivity contribution in [3.63, 3.8) is 0 Å². The van der Waals surface area contributed by atoms with Gasteiger partial charge in [0.1, 0.15) is 17.5 Å². The van der Waals surface area contributed by atoms with Crippen molar-refractivity contribution in [3.05, 3.63) is 53.1 Å². The van der Waals surface area contributed by atoms with E-state index in [1.165, 1.54) is 0 Å². The highest BCUT2D eigenvalue weighted by Crippen LogP contribution is 2.49. The van der Waals surface area contributed by atoms with Gasteiger partial charge in [-0.3, -0.25) is 14.5 Å². The first-order valence-corrected chi connectivity index (χ1v) is 10.8. The lowest BCUT2D eigenvalue weighted by atomic mass is 10.00. The van der Waals surface area contributed by atoms with E-state index in [9.17, 15) is 18.0 Å². The molecule has 10 heteroatoms. The van der Waals surface area contributed by atoms with Crippen LogP contribution in [0.15, 0.2) is 42.5 Å². The van der Waals surface area contributed by atoms with Gasteiger partial charge in [0.05, 0.1) is 6.04 Å². The minimum atomic E-state index is -4.83. The Morgan fingerprint density at radius 3 is 2.56 bits per heavy atom. The van der Waals surface area contributed by atoms with Crippen LogP contribution in [0.1, 0.15) is 18.0 Å². The number of benzene rings is 2. The lowest BCUT2D eigenvalue weighted by Gasteiger charge is -2.35. The van der Waals surface area contributed by atoms with Crippen LogP contribution in [0.25, 0.3) is 0 Å². The van der Waals surface area contributed by atoms with E-state index in [1.54, 1.807) is 12.1 Å². The van der Waals surface area contributed by atoms with Gasteiger partial charge in [0.2, 0.25) is 0 Å². The molecule has 0 N–H and O–H groups in total. The maximum absolute atomic E-state index is 12.7. The van der Waals surface area contributed by atoms with Crippen molar-refractivity contribution >= 4 is 23.2 Å². The number of rotatable bonds is 2. The number of piperazine rings is 1. The van der Waals surface area contributed by atoms with Crippen LogP contribution in [-0.2, 0) is 9.63 Å². The Morgan fingerprint density at radius 2 is 1.81 bits per heavy atom. The molecule has 0 aromatic heterocycles. The summed E-state index contributed by atoms with van der Waals surface area (Å²) in [5.41, 5.74) is 1.74. The van der Waals surface area contributed by atoms with Gasteiger partial charge in [-0.2, -0.15) is 13.2 Å². The molecule has 2 aromatic carbocycles. The Bertz CT molecular complexity index is 1030. The van der Waals surface area contributed by atoms with Crippen LogP contribution in [0.2, 0.25) is 5.02 Å². The molecule has 0 aliphatic carbocycles. The fourth-order valence-corrected chi connectivity index (χ4v) is 4.69. The fourth-order valence-electron chi connectivity index (χ4n) is 4.52. The third kappa shape index (κ3) is 4.00. The van der Waals surface area contributed by atoms with Gasteiger partial charge in [-0.25, -0.2) is 5.06 Å². The predicted molar refractivity (Wildman–Crippen MR) is 112 cm³/mol. The maximum atomic E-state index is 12.7. The van der Waals surface area contributed by atoms with Crippen LogP contribution in [0.4, 0.5) is 18.9 Å². The van der Waals surface area contributed by atoms with E-state index >= 15 is 0 Å². The minimum Gasteiger partial charge on any atom is -0.455 e. The smallest absolute Gasteiger partial charge is 0.455 e. The van der Waals surface area contributed by atoms with Crippen molar-refractivity contribution in [2.75, 3.05) is 37.8 Å². The zero-order valence-corrected chi connectivity index (χ0v) is 17.8. The minimum absolute atomic E-state index is 0.0489. The Balaban J connectivity index is 1.31. The van der Waals surface area contributed by atoms with Gasteiger partial charge in [-0.05, 0) is 24.3 Å². The number of anilines is 1. The number of carbonyl (C=O) groups excluding carboxylic acids is 1. The molecular formula is C22H21ClF3N3O3. The number of ether oxygens (including phenoxy) is 1. The van der Waals surface area contributed by atoms with Crippen LogP contribution < -0.4 is 9.80 Å². The van der Waals surface area contributed by atoms with Gasteiger partial charge < -0.3 is 9.64 Å². The Morgan fingerprint density at radius 1 is 1.06 bits per heavy atom. The zero-order chi connectivity index (χ0) is 22.5. The number of hydroxylamine groups is 1. The molecule has 2 aromatic rings. The van der Waals surface area contributed by atoms with Crippen molar-refractivity contribution in [2.24, 2.45) is 0 Å². The Labute approximate surface area is 188 Å². The largest absolute Gasteiger partial charge is 0.471 e. The summed E-state index contributed by atoms with van der Waals surface area (Å²) in [5, 5.41) is 2.40. The van der Waals surface area contributed by atoms with Gasteiger partial charge in [0.15, 0.2) is 5.75 Å². The van der Waals surface area contributed by atoms with E-state index in [0.29, 0.717) is 36.8 Å². The molecule has 170 valence electrons. The number of carbonyl (C=O) groups is 1. The normalized spacial score (nSPS) is 23.1. The average molecular weight is 468 g/mol. The second-order valence-electron chi connectivity index (χ2n) is 8.15. The van der Waals surface area contributed by atoms with Gasteiger partial charge in [-0.15, -0.1) is 0 Å². The first kappa shape index (κ1) is 21.4. The Hall–Kier alpha value is -2.49. The van der Waals surface area contributed by atoms with E-state index in [-0.39, 0.29) is 25.2 Å². The van der Waals surface area contributed by atoms with Crippen LogP contribution in [0, 0.1) is 0 Å². The first-order chi connectivity index (χ1) is 15.3. The fraction of sp³-hybridized carbons (Fsp3) is 0.409. The number of nitrogens with zero attached hydrogens (tertiary/aromatic N) is 3. The van der Waals surface area contributed by atoms with Crippen molar-refractivity contribution < 1.29 is 27.5 Å². The zero-order valence-electron chi connectivity index (χ0n) is 17.0. The van der Waals surface area contributed by atoms with Crippen molar-refractivity contribution in [2.45, 2.75) is 24.7 Å². The summed E-state index contributed by atoms with van der Waals surface area (Å²) in [6, 6.07) is 13.1. The van der Waals surface area contributed by atoms with Crippen LogP contribution in [0.5, 0.6) is 11.5 Å². The summed E-state index contributed by atoms with van der Waals surface area (Å²) in [7, 11) is 0. The third-order valence-corrected chi connectivity index (χ3v) is 6.29. The monoisotopic (exact) mass is 467 g/mol. The number of amides is 1. The third-order valence-electron chi connectivity index (χ3n) is 6.05. The molecule has 2 saturated heterocycles. The molecule has 3 heterocycles. The van der Waals surface area contributed by atoms with Gasteiger partial charge in [0, 0.05) is 49.7 Å². The molecule has 6 nitrogen and oxygen atoms in total. The van der Waals surface area contributed by atoms with Gasteiger partial charge in [-0.1, -0.05) is 29.8 Å². The molecule has 2 fully saturated rings. The van der Waals surface area contributed by atoms with Gasteiger partial charge in [0.25, 0.3) is 0 Å². The lowest BCUT2D eigenvalue weighted by molar-refractivity contribution is -0.187. The van der Waals surface area contributed by atoms with E-state index < -0.39 is 12.1 Å². The SMILES string of the molecule is O=C(N1CCN(CC2CC3c4ccccc4Oc4ccc(Cl)cc4N3O2)CC1)C(F)(F)F. The highest BCUT2D eigenvalue weighted by Gasteiger charge is 2.44. The van der Waals surface area contributed by atoms with Crippen molar-refractivity contribution in [1.82, 2.24) is 9.80 Å². The second-order valence-corrected chi connectivity index (χ2v) is 8.58. The molecule has 1 amide bonds. The van der Waals surface area contributed by atoms with Crippen LogP contribution >= 0.6 is 11.6 Å². The Kier molecular flexibility index (Phi) is 5.43. The molecule has 0 saturated carbocycles. The molecular weight excluding hydrogens is 447 g/mol. The molecule has 0 bridgehead atoms. The summed E-state index contributed by atoms with van der Waals surface area (Å²) in [5.74, 6) is -0.371. The molecule has 2 unspecified atom stereocenters. The summed E-state index contributed by atoms with van der Waals surface area (Å²) in [4.78, 5) is 20.7. The number of fused-ring (bicyclic) bond motifs is 5. The summed E-state index contributed by atoms with van der Waals surface area (Å²) < 4.78 is 44.2. The van der Waals surface area contributed by atoms with E-state index in [0.717, 1.165) is 21.9 Å². The van der Waals surface area contributed by atoms with Crippen molar-refractivity contribution in [1.29, 1.82) is 0 Å². The molecule has 3 aliphatic rings. The molecule has 0 radical (unpaired) electrons. The molecule has 2 atom stereocenters.